The molecule has 0 aromatic rings. The van der Waals surface area contributed by atoms with Gasteiger partial charge in [0.05, 0.1) is 26.4 Å². The third kappa shape index (κ3) is 69.2. The topological polar surface area (TPSA) is 237 Å². The Morgan fingerprint density at radius 3 is 0.792 bits per heavy atom. The zero-order valence-electron chi connectivity index (χ0n) is 62.7. The molecule has 3 unspecified atom stereocenters. The molecular formula is C77H150O17P2. The van der Waals surface area contributed by atoms with Gasteiger partial charge in [-0.15, -0.1) is 0 Å². The van der Waals surface area contributed by atoms with E-state index in [1.54, 1.807) is 0 Å². The van der Waals surface area contributed by atoms with Crippen molar-refractivity contribution in [2.45, 2.75) is 419 Å². The Balaban J connectivity index is 5.25. The fraction of sp³-hybridized carbons (Fsp3) is 0.948. The number of carbonyl (C=O) groups excluding carboxylic acids is 4. The molecule has 0 spiro atoms. The van der Waals surface area contributed by atoms with Crippen LogP contribution in [0.4, 0.5) is 0 Å². The summed E-state index contributed by atoms with van der Waals surface area (Å²) in [5.41, 5.74) is 0. The lowest BCUT2D eigenvalue weighted by atomic mass is 9.99. The first-order valence-electron chi connectivity index (χ1n) is 40.0. The van der Waals surface area contributed by atoms with Gasteiger partial charge in [-0.3, -0.25) is 37.3 Å². The fourth-order valence-electron chi connectivity index (χ4n) is 11.8. The lowest BCUT2D eigenvalue weighted by molar-refractivity contribution is -0.161. The number of hydrogen-bond donors (Lipinski definition) is 3. The Hall–Kier alpha value is -1.94. The van der Waals surface area contributed by atoms with Crippen LogP contribution < -0.4 is 0 Å². The minimum absolute atomic E-state index is 0.107. The van der Waals surface area contributed by atoms with Crippen molar-refractivity contribution in [3.05, 3.63) is 0 Å². The number of hydrogen-bond acceptors (Lipinski definition) is 15. The van der Waals surface area contributed by atoms with Crippen LogP contribution >= 0.6 is 15.6 Å². The number of phosphoric acid groups is 2. The van der Waals surface area contributed by atoms with Gasteiger partial charge < -0.3 is 33.8 Å². The molecule has 0 aromatic carbocycles. The highest BCUT2D eigenvalue weighted by atomic mass is 31.2. The predicted molar refractivity (Wildman–Crippen MR) is 391 cm³/mol. The van der Waals surface area contributed by atoms with Crippen molar-refractivity contribution in [2.75, 3.05) is 39.6 Å². The van der Waals surface area contributed by atoms with Crippen LogP contribution in [0.2, 0.25) is 0 Å². The highest BCUT2D eigenvalue weighted by Crippen LogP contribution is 2.45. The third-order valence-corrected chi connectivity index (χ3v) is 20.2. The molecule has 0 saturated heterocycles. The minimum Gasteiger partial charge on any atom is -0.462 e. The lowest BCUT2D eigenvalue weighted by Crippen LogP contribution is -2.30. The minimum atomic E-state index is -4.96. The normalized spacial score (nSPS) is 14.3. The summed E-state index contributed by atoms with van der Waals surface area (Å²) in [4.78, 5) is 72.9. The van der Waals surface area contributed by atoms with E-state index in [4.69, 9.17) is 37.0 Å². The molecule has 0 aliphatic heterocycles. The molecule has 0 radical (unpaired) electrons. The third-order valence-electron chi connectivity index (χ3n) is 18.3. The van der Waals surface area contributed by atoms with E-state index in [0.29, 0.717) is 31.6 Å². The quantitative estimate of drug-likeness (QED) is 0.0222. The lowest BCUT2D eigenvalue weighted by Gasteiger charge is -2.21. The van der Waals surface area contributed by atoms with Gasteiger partial charge in [-0.25, -0.2) is 9.13 Å². The first-order chi connectivity index (χ1) is 46.4. The number of aliphatic hydroxyl groups excluding tert-OH is 1. The summed E-state index contributed by atoms with van der Waals surface area (Å²) in [5.74, 6) is -0.562. The molecule has 0 amide bonds. The molecule has 0 heterocycles. The van der Waals surface area contributed by atoms with E-state index in [2.05, 4.69) is 41.5 Å². The molecule has 570 valence electrons. The number of ether oxygens (including phenoxy) is 4. The Morgan fingerprint density at radius 1 is 0.302 bits per heavy atom. The van der Waals surface area contributed by atoms with E-state index in [0.717, 1.165) is 102 Å². The molecule has 0 rings (SSSR count). The number of rotatable bonds is 76. The van der Waals surface area contributed by atoms with Crippen molar-refractivity contribution in [3.63, 3.8) is 0 Å². The molecule has 0 aliphatic carbocycles. The number of phosphoric ester groups is 2. The van der Waals surface area contributed by atoms with Crippen molar-refractivity contribution in [3.8, 4) is 0 Å². The zero-order valence-corrected chi connectivity index (χ0v) is 64.5. The maximum atomic E-state index is 13.1. The second kappa shape index (κ2) is 68.8. The summed E-state index contributed by atoms with van der Waals surface area (Å²) in [7, 11) is -9.91. The Bertz CT molecular complexity index is 1860. The number of unbranched alkanes of at least 4 members (excludes halogenated alkanes) is 45. The predicted octanol–water partition coefficient (Wildman–Crippen LogP) is 22.7. The summed E-state index contributed by atoms with van der Waals surface area (Å²) in [6, 6.07) is 0. The summed E-state index contributed by atoms with van der Waals surface area (Å²) >= 11 is 0. The van der Waals surface area contributed by atoms with Crippen LogP contribution in [0.5, 0.6) is 0 Å². The average Bonchev–Trinajstić information content (AvgIpc) is 1.31. The van der Waals surface area contributed by atoms with E-state index < -0.39 is 97.5 Å². The monoisotopic (exact) mass is 1410 g/mol. The summed E-state index contributed by atoms with van der Waals surface area (Å²) in [5, 5.41) is 10.6. The SMILES string of the molecule is CCCCCCCCCCCCCCCCC(=O)OC[C@H](COP(=O)(O)OC[C@@H](O)COP(=O)(O)OC[C@@H](COC(=O)CCCCCCCCCC(C)C)OC(=O)CCCCCCCCCCCCCCCC)OC(=O)CCCCCCCCCCCCCCCCC(C)CC. The van der Waals surface area contributed by atoms with Crippen LogP contribution in [-0.2, 0) is 65.4 Å². The van der Waals surface area contributed by atoms with Gasteiger partial charge in [0.15, 0.2) is 12.2 Å². The van der Waals surface area contributed by atoms with E-state index in [9.17, 15) is 43.2 Å². The first kappa shape index (κ1) is 94.1. The summed E-state index contributed by atoms with van der Waals surface area (Å²) in [6.07, 6.45) is 56.8. The van der Waals surface area contributed by atoms with Crippen molar-refractivity contribution < 1.29 is 80.2 Å². The molecule has 0 saturated carbocycles. The van der Waals surface area contributed by atoms with Crippen LogP contribution in [0.3, 0.4) is 0 Å². The maximum absolute atomic E-state index is 13.1. The van der Waals surface area contributed by atoms with Crippen LogP contribution in [0.1, 0.15) is 401 Å². The Kier molecular flexibility index (Phi) is 67.4. The van der Waals surface area contributed by atoms with E-state index >= 15 is 0 Å². The highest BCUT2D eigenvalue weighted by molar-refractivity contribution is 7.47. The molecule has 19 heteroatoms. The van der Waals surface area contributed by atoms with Gasteiger partial charge in [0.25, 0.3) is 0 Å². The van der Waals surface area contributed by atoms with Crippen LogP contribution in [0.15, 0.2) is 0 Å². The van der Waals surface area contributed by atoms with Crippen molar-refractivity contribution >= 4 is 39.5 Å². The smallest absolute Gasteiger partial charge is 0.462 e. The molecule has 0 aromatic heterocycles. The largest absolute Gasteiger partial charge is 0.472 e. The molecule has 96 heavy (non-hydrogen) atoms. The van der Waals surface area contributed by atoms with Gasteiger partial charge in [0.1, 0.15) is 19.3 Å². The highest BCUT2D eigenvalue weighted by Gasteiger charge is 2.30. The fourth-order valence-corrected chi connectivity index (χ4v) is 13.4. The van der Waals surface area contributed by atoms with Crippen molar-refractivity contribution in [1.82, 2.24) is 0 Å². The van der Waals surface area contributed by atoms with Crippen molar-refractivity contribution in [2.24, 2.45) is 11.8 Å². The van der Waals surface area contributed by atoms with Gasteiger partial charge in [0.2, 0.25) is 0 Å². The van der Waals surface area contributed by atoms with Crippen molar-refractivity contribution in [1.29, 1.82) is 0 Å². The van der Waals surface area contributed by atoms with Crippen LogP contribution in [0, 0.1) is 11.8 Å². The second-order valence-electron chi connectivity index (χ2n) is 28.5. The Morgan fingerprint density at radius 2 is 0.531 bits per heavy atom. The Labute approximate surface area is 588 Å². The standard InChI is InChI=1S/C77H150O17P2/c1-7-10-12-14-16-18-20-22-27-31-35-41-47-53-59-74(79)87-65-72(93-76(81)62-56-50-43-37-33-29-25-24-26-30-34-40-46-52-58-70(6)9-3)67-91-95(83,84)89-63-71(78)64-90-96(85,86)92-68-73(66-88-75(80)60-54-48-44-38-39-45-51-57-69(4)5)94-77(82)61-55-49-42-36-32-28-23-21-19-17-15-13-11-8-2/h69-73,78H,7-68H2,1-6H3,(H,83,84)(H,85,86)/t70?,71-,72-,73-/m1/s1. The van der Waals surface area contributed by atoms with E-state index in [1.807, 2.05) is 0 Å². The van der Waals surface area contributed by atoms with Gasteiger partial charge in [0, 0.05) is 25.7 Å². The van der Waals surface area contributed by atoms with E-state index in [1.165, 1.54) is 212 Å². The number of esters is 4. The molecule has 17 nitrogen and oxygen atoms in total. The van der Waals surface area contributed by atoms with Crippen LogP contribution in [-0.4, -0.2) is 96.7 Å². The van der Waals surface area contributed by atoms with Gasteiger partial charge in [-0.2, -0.15) is 0 Å². The van der Waals surface area contributed by atoms with E-state index in [-0.39, 0.29) is 25.7 Å². The molecule has 0 fully saturated rings. The first-order valence-corrected chi connectivity index (χ1v) is 43.0. The van der Waals surface area contributed by atoms with Gasteiger partial charge >= 0.3 is 39.5 Å². The van der Waals surface area contributed by atoms with Gasteiger partial charge in [-0.1, -0.05) is 350 Å². The molecule has 6 atom stereocenters. The molecule has 3 N–H and O–H groups in total. The van der Waals surface area contributed by atoms with Crippen LogP contribution in [0.25, 0.3) is 0 Å². The number of aliphatic hydroxyl groups is 1. The summed E-state index contributed by atoms with van der Waals surface area (Å²) < 4.78 is 68.6. The molecule has 0 aliphatic rings. The van der Waals surface area contributed by atoms with Gasteiger partial charge in [-0.05, 0) is 37.5 Å². The second-order valence-corrected chi connectivity index (χ2v) is 31.4. The molecule has 0 bridgehead atoms. The zero-order chi connectivity index (χ0) is 70.7. The maximum Gasteiger partial charge on any atom is 0.472 e. The summed E-state index contributed by atoms with van der Waals surface area (Å²) in [6.45, 7) is 9.61. The number of carbonyl (C=O) groups is 4. The molecular weight excluding hydrogens is 1260 g/mol. The average molecular weight is 1410 g/mol.